The molecule has 1 aliphatic heterocycles. The van der Waals surface area contributed by atoms with Crippen molar-refractivity contribution < 1.29 is 22.6 Å². The maximum atomic E-state index is 13.3. The van der Waals surface area contributed by atoms with E-state index in [0.29, 0.717) is 29.7 Å². The summed E-state index contributed by atoms with van der Waals surface area (Å²) in [6, 6.07) is 0. The molecule has 1 saturated heterocycles. The molecule has 1 fully saturated rings. The van der Waals surface area contributed by atoms with E-state index in [9.17, 15) is 8.42 Å². The topological polar surface area (TPSA) is 130 Å². The fourth-order valence-electron chi connectivity index (χ4n) is 3.70. The maximum absolute atomic E-state index is 13.3. The molecule has 184 valence electrons. The molecule has 11 nitrogen and oxygen atoms in total. The van der Waals surface area contributed by atoms with Crippen molar-refractivity contribution in [2.75, 3.05) is 25.5 Å². The Balaban J connectivity index is 1.90. The Hall–Kier alpha value is -1.86. The Morgan fingerprint density at radius 3 is 2.52 bits per heavy atom. The highest BCUT2D eigenvalue weighted by Crippen LogP contribution is 2.35. The molecule has 0 bridgehead atoms. The van der Waals surface area contributed by atoms with E-state index in [-0.39, 0.29) is 18.2 Å². The summed E-state index contributed by atoms with van der Waals surface area (Å²) in [6.45, 7) is 5.73. The Labute approximate surface area is 199 Å². The average Bonchev–Trinajstić information content (AvgIpc) is 3.40. The van der Waals surface area contributed by atoms with E-state index in [1.165, 1.54) is 12.4 Å². The summed E-state index contributed by atoms with van der Waals surface area (Å²) in [4.78, 5) is 8.31. The predicted octanol–water partition coefficient (Wildman–Crippen LogP) is 3.08. The van der Waals surface area contributed by atoms with E-state index in [4.69, 9.17) is 25.8 Å². The van der Waals surface area contributed by atoms with Gasteiger partial charge in [0.1, 0.15) is 18.2 Å². The molecule has 0 amide bonds. The van der Waals surface area contributed by atoms with Crippen LogP contribution in [-0.4, -0.2) is 65.3 Å². The molecule has 2 aromatic rings. The molecule has 1 aliphatic rings. The lowest BCUT2D eigenvalue weighted by atomic mass is 10.1. The maximum Gasteiger partial charge on any atom is 0.240 e. The van der Waals surface area contributed by atoms with Crippen LogP contribution in [0, 0.1) is 0 Å². The number of methoxy groups -OCH3 is 2. The molecule has 0 aliphatic carbocycles. The van der Waals surface area contributed by atoms with Crippen LogP contribution in [0.2, 0.25) is 5.02 Å². The molecule has 3 heterocycles. The zero-order valence-corrected chi connectivity index (χ0v) is 21.0. The second kappa shape index (κ2) is 11.0. The third-order valence-corrected chi connectivity index (χ3v) is 7.90. The first-order chi connectivity index (χ1) is 15.7. The first-order valence-electron chi connectivity index (χ1n) is 10.8. The van der Waals surface area contributed by atoms with Crippen LogP contribution < -0.4 is 4.72 Å². The Bertz CT molecular complexity index is 1020. The second-order valence-corrected chi connectivity index (χ2v) is 10.6. The number of anilines is 1. The van der Waals surface area contributed by atoms with Crippen molar-refractivity contribution in [1.29, 1.82) is 0 Å². The number of hydrogen-bond acceptors (Lipinski definition) is 9. The minimum absolute atomic E-state index is 0.0622. The van der Waals surface area contributed by atoms with Crippen molar-refractivity contribution in [3.63, 3.8) is 0 Å². The lowest BCUT2D eigenvalue weighted by molar-refractivity contribution is 0.00194. The third-order valence-electron chi connectivity index (χ3n) is 5.85. The number of nitrogens with one attached hydrogen (secondary N) is 1. The fraction of sp³-hybridized carbons (Fsp3) is 0.700. The minimum atomic E-state index is -3.89. The monoisotopic (exact) mass is 502 g/mol. The quantitative estimate of drug-likeness (QED) is 0.492. The molecule has 3 rings (SSSR count). The van der Waals surface area contributed by atoms with Crippen LogP contribution in [0.25, 0.3) is 0 Å². The highest BCUT2D eigenvalue weighted by molar-refractivity contribution is 7.93. The lowest BCUT2D eigenvalue weighted by Gasteiger charge is -2.24. The zero-order valence-electron chi connectivity index (χ0n) is 19.4. The van der Waals surface area contributed by atoms with Gasteiger partial charge in [-0.1, -0.05) is 18.5 Å². The van der Waals surface area contributed by atoms with E-state index in [1.807, 2.05) is 6.92 Å². The minimum Gasteiger partial charge on any atom is -0.385 e. The number of nitrogens with zero attached hydrogens (tertiary/aromatic N) is 5. The van der Waals surface area contributed by atoms with Gasteiger partial charge in [-0.15, -0.1) is 10.2 Å². The molecule has 0 spiro atoms. The standard InChI is InChI=1S/C20H31ClN6O5S/c1-12-6-7-16(32-12)19-24-25-20(27(19)17(31-5)8-9-30-4)26-33(28,29)14(3)13(2)18-22-10-15(21)11-23-18/h10-14,16-17H,6-9H2,1-5H3,(H,25,26)/t12-,13-,14-,16-,17?/m0/s1. The molecule has 0 saturated carbocycles. The summed E-state index contributed by atoms with van der Waals surface area (Å²) in [5.41, 5.74) is 0. The molecule has 13 heteroatoms. The summed E-state index contributed by atoms with van der Waals surface area (Å²) < 4.78 is 47.6. The van der Waals surface area contributed by atoms with Gasteiger partial charge in [-0.05, 0) is 26.7 Å². The second-order valence-electron chi connectivity index (χ2n) is 8.14. The van der Waals surface area contributed by atoms with Gasteiger partial charge < -0.3 is 14.2 Å². The highest BCUT2D eigenvalue weighted by atomic mass is 35.5. The summed E-state index contributed by atoms with van der Waals surface area (Å²) in [5, 5.41) is 7.93. The van der Waals surface area contributed by atoms with Crippen molar-refractivity contribution in [3.8, 4) is 0 Å². The number of sulfonamides is 1. The summed E-state index contributed by atoms with van der Waals surface area (Å²) in [5.74, 6) is 0.456. The van der Waals surface area contributed by atoms with Crippen LogP contribution in [-0.2, 0) is 24.2 Å². The number of aromatic nitrogens is 5. The van der Waals surface area contributed by atoms with Crippen LogP contribution in [0.15, 0.2) is 12.4 Å². The van der Waals surface area contributed by atoms with Gasteiger partial charge in [-0.25, -0.2) is 18.4 Å². The van der Waals surface area contributed by atoms with Gasteiger partial charge in [0.05, 0.1) is 23.0 Å². The van der Waals surface area contributed by atoms with Gasteiger partial charge in [0.2, 0.25) is 16.0 Å². The zero-order chi connectivity index (χ0) is 24.2. The SMILES string of the molecule is COCCC(OC)n1c(NS(=O)(=O)[C@@H](C)[C@H](C)c2ncc(Cl)cn2)nnc1[C@@H]1CC[C@H](C)O1. The number of rotatable bonds is 11. The van der Waals surface area contributed by atoms with Gasteiger partial charge in [-0.3, -0.25) is 9.29 Å². The van der Waals surface area contributed by atoms with Crippen LogP contribution in [0.4, 0.5) is 5.95 Å². The summed E-state index contributed by atoms with van der Waals surface area (Å²) >= 11 is 5.85. The smallest absolute Gasteiger partial charge is 0.240 e. The van der Waals surface area contributed by atoms with Gasteiger partial charge in [0, 0.05) is 39.0 Å². The number of halogens is 1. The van der Waals surface area contributed by atoms with E-state index in [1.54, 1.807) is 32.6 Å². The molecule has 1 unspecified atom stereocenters. The molecule has 0 radical (unpaired) electrons. The van der Waals surface area contributed by atoms with E-state index < -0.39 is 27.4 Å². The third kappa shape index (κ3) is 5.99. The van der Waals surface area contributed by atoms with Crippen molar-refractivity contribution in [3.05, 3.63) is 29.1 Å². The van der Waals surface area contributed by atoms with E-state index >= 15 is 0 Å². The number of ether oxygens (including phenoxy) is 3. The molecule has 2 aromatic heterocycles. The Morgan fingerprint density at radius 1 is 1.24 bits per heavy atom. The van der Waals surface area contributed by atoms with Gasteiger partial charge in [0.15, 0.2) is 5.82 Å². The van der Waals surface area contributed by atoms with Crippen molar-refractivity contribution in [1.82, 2.24) is 24.7 Å². The molecular formula is C20H31ClN6O5S. The van der Waals surface area contributed by atoms with Gasteiger partial charge in [0.25, 0.3) is 0 Å². The molecule has 5 atom stereocenters. The Morgan fingerprint density at radius 2 is 1.94 bits per heavy atom. The van der Waals surface area contributed by atoms with Gasteiger partial charge >= 0.3 is 0 Å². The largest absolute Gasteiger partial charge is 0.385 e. The molecule has 1 N–H and O–H groups in total. The number of hydrogen-bond donors (Lipinski definition) is 1. The first kappa shape index (κ1) is 25.8. The van der Waals surface area contributed by atoms with E-state index in [2.05, 4.69) is 24.9 Å². The van der Waals surface area contributed by atoms with Crippen LogP contribution in [0.5, 0.6) is 0 Å². The highest BCUT2D eigenvalue weighted by Gasteiger charge is 2.35. The molecule has 33 heavy (non-hydrogen) atoms. The normalized spacial score (nSPS) is 21.6. The van der Waals surface area contributed by atoms with Crippen LogP contribution in [0.1, 0.15) is 69.9 Å². The summed E-state index contributed by atoms with van der Waals surface area (Å²) in [6.07, 6.45) is 4.23. The van der Waals surface area contributed by atoms with Crippen molar-refractivity contribution >= 4 is 27.6 Å². The van der Waals surface area contributed by atoms with Gasteiger partial charge in [-0.2, -0.15) is 0 Å². The van der Waals surface area contributed by atoms with Crippen LogP contribution in [0.3, 0.4) is 0 Å². The predicted molar refractivity (Wildman–Crippen MR) is 123 cm³/mol. The van der Waals surface area contributed by atoms with E-state index in [0.717, 1.165) is 12.8 Å². The Kier molecular flexibility index (Phi) is 8.62. The molecule has 0 aromatic carbocycles. The average molecular weight is 503 g/mol. The fourth-order valence-corrected chi connectivity index (χ4v) is 5.03. The lowest BCUT2D eigenvalue weighted by Crippen LogP contribution is -2.32. The first-order valence-corrected chi connectivity index (χ1v) is 12.7. The summed E-state index contributed by atoms with van der Waals surface area (Å²) in [7, 11) is -0.755. The van der Waals surface area contributed by atoms with Crippen molar-refractivity contribution in [2.24, 2.45) is 0 Å². The van der Waals surface area contributed by atoms with Crippen LogP contribution >= 0.6 is 11.6 Å². The van der Waals surface area contributed by atoms with Crippen molar-refractivity contribution in [2.45, 2.75) is 69.6 Å². The molecular weight excluding hydrogens is 472 g/mol.